The van der Waals surface area contributed by atoms with Gasteiger partial charge in [0.25, 0.3) is 0 Å². The van der Waals surface area contributed by atoms with Crippen LogP contribution in [-0.2, 0) is 24.1 Å². The van der Waals surface area contributed by atoms with E-state index in [0.717, 1.165) is 19.4 Å². The van der Waals surface area contributed by atoms with Gasteiger partial charge in [0, 0.05) is 26.2 Å². The van der Waals surface area contributed by atoms with Crippen LogP contribution in [0.15, 0.2) is 27.9 Å². The van der Waals surface area contributed by atoms with Crippen molar-refractivity contribution in [2.75, 3.05) is 6.54 Å². The number of piperidine rings is 1. The summed E-state index contributed by atoms with van der Waals surface area (Å²) in [5.74, 6) is 0. The molecule has 0 bridgehead atoms. The fraction of sp³-hybridized carbons (Fsp3) is 0.533. The second kappa shape index (κ2) is 6.87. The molecule has 0 radical (unpaired) electrons. The molecule has 1 saturated heterocycles. The van der Waals surface area contributed by atoms with E-state index in [4.69, 9.17) is 0 Å². The molecule has 1 aliphatic rings. The van der Waals surface area contributed by atoms with Crippen LogP contribution in [-0.4, -0.2) is 36.2 Å². The second-order valence-electron chi connectivity index (χ2n) is 6.25. The van der Waals surface area contributed by atoms with Crippen molar-refractivity contribution in [1.82, 2.24) is 19.2 Å². The molecule has 3 rings (SSSR count). The normalized spacial score (nSPS) is 21.6. The van der Waals surface area contributed by atoms with Gasteiger partial charge in [-0.15, -0.1) is 12.4 Å². The number of imidazole rings is 1. The van der Waals surface area contributed by atoms with E-state index in [9.17, 15) is 13.2 Å². The summed E-state index contributed by atoms with van der Waals surface area (Å²) in [6, 6.07) is 5.02. The average molecular weight is 375 g/mol. The molecule has 24 heavy (non-hydrogen) atoms. The molecule has 0 amide bonds. The number of fused-ring (bicyclic) bond motifs is 1. The summed E-state index contributed by atoms with van der Waals surface area (Å²) in [5, 5.41) is 3.30. The van der Waals surface area contributed by atoms with Crippen LogP contribution in [0.1, 0.15) is 19.8 Å². The van der Waals surface area contributed by atoms with Gasteiger partial charge in [0.1, 0.15) is 0 Å². The fourth-order valence-corrected chi connectivity index (χ4v) is 4.48. The SMILES string of the molecule is CC1CC(NS(=O)(=O)c2ccc3c(c2)n(C)c(=O)n3C)CCN1.Cl. The van der Waals surface area contributed by atoms with Crippen molar-refractivity contribution in [3.63, 3.8) is 0 Å². The van der Waals surface area contributed by atoms with Gasteiger partial charge >= 0.3 is 5.69 Å². The number of nitrogens with one attached hydrogen (secondary N) is 2. The predicted octanol–water partition coefficient (Wildman–Crippen LogP) is 0.718. The lowest BCUT2D eigenvalue weighted by Crippen LogP contribution is -2.46. The Kier molecular flexibility index (Phi) is 5.44. The molecular formula is C15H23ClN4O3S. The zero-order valence-corrected chi connectivity index (χ0v) is 15.6. The van der Waals surface area contributed by atoms with E-state index in [1.807, 2.05) is 6.92 Å². The minimum Gasteiger partial charge on any atom is -0.314 e. The summed E-state index contributed by atoms with van der Waals surface area (Å²) >= 11 is 0. The summed E-state index contributed by atoms with van der Waals surface area (Å²) < 4.78 is 31.0. The van der Waals surface area contributed by atoms with Crippen molar-refractivity contribution >= 4 is 33.5 Å². The van der Waals surface area contributed by atoms with Crippen LogP contribution in [0.5, 0.6) is 0 Å². The first-order valence-electron chi connectivity index (χ1n) is 7.71. The van der Waals surface area contributed by atoms with Gasteiger partial charge in [-0.2, -0.15) is 0 Å². The summed E-state index contributed by atoms with van der Waals surface area (Å²) in [5.41, 5.74) is 1.15. The number of aromatic nitrogens is 2. The molecule has 0 aliphatic carbocycles. The van der Waals surface area contributed by atoms with Crippen LogP contribution in [0.4, 0.5) is 0 Å². The monoisotopic (exact) mass is 374 g/mol. The van der Waals surface area contributed by atoms with Crippen molar-refractivity contribution in [2.45, 2.75) is 36.7 Å². The Bertz CT molecular complexity index is 903. The Balaban J connectivity index is 0.00000208. The Labute approximate surface area is 147 Å². The topological polar surface area (TPSA) is 85.1 Å². The van der Waals surface area contributed by atoms with Crippen LogP contribution in [0.3, 0.4) is 0 Å². The van der Waals surface area contributed by atoms with Gasteiger partial charge in [0.15, 0.2) is 0 Å². The quantitative estimate of drug-likeness (QED) is 0.829. The van der Waals surface area contributed by atoms with Crippen LogP contribution < -0.4 is 15.7 Å². The highest BCUT2D eigenvalue weighted by Gasteiger charge is 2.25. The van der Waals surface area contributed by atoms with Gasteiger partial charge in [-0.25, -0.2) is 17.9 Å². The molecule has 1 fully saturated rings. The number of halogens is 1. The van der Waals surface area contributed by atoms with Crippen molar-refractivity contribution in [1.29, 1.82) is 0 Å². The van der Waals surface area contributed by atoms with Gasteiger partial charge in [-0.3, -0.25) is 9.13 Å². The maximum atomic E-state index is 12.6. The van der Waals surface area contributed by atoms with Crippen molar-refractivity contribution in [3.05, 3.63) is 28.7 Å². The van der Waals surface area contributed by atoms with Crippen LogP contribution >= 0.6 is 12.4 Å². The number of rotatable bonds is 3. The number of hydrogen-bond acceptors (Lipinski definition) is 4. The lowest BCUT2D eigenvalue weighted by molar-refractivity contribution is 0.361. The highest BCUT2D eigenvalue weighted by molar-refractivity contribution is 7.89. The van der Waals surface area contributed by atoms with Gasteiger partial charge < -0.3 is 5.32 Å². The molecule has 2 aromatic rings. The third-order valence-electron chi connectivity index (χ3n) is 4.50. The maximum Gasteiger partial charge on any atom is 0.328 e. The number of benzene rings is 1. The molecule has 1 aromatic carbocycles. The van der Waals surface area contributed by atoms with Crippen molar-refractivity contribution in [3.8, 4) is 0 Å². The molecule has 2 unspecified atom stereocenters. The summed E-state index contributed by atoms with van der Waals surface area (Å²) in [6.07, 6.45) is 1.54. The van der Waals surface area contributed by atoms with E-state index in [0.29, 0.717) is 17.1 Å². The Hall–Kier alpha value is -1.35. The van der Waals surface area contributed by atoms with Crippen LogP contribution in [0.25, 0.3) is 11.0 Å². The van der Waals surface area contributed by atoms with Crippen molar-refractivity contribution in [2.24, 2.45) is 14.1 Å². The number of aryl methyl sites for hydroxylation is 2. The molecule has 0 spiro atoms. The molecule has 9 heteroatoms. The zero-order valence-electron chi connectivity index (χ0n) is 13.9. The smallest absolute Gasteiger partial charge is 0.314 e. The van der Waals surface area contributed by atoms with E-state index >= 15 is 0 Å². The number of nitrogens with zero attached hydrogens (tertiary/aromatic N) is 2. The molecule has 134 valence electrons. The Morgan fingerprint density at radius 2 is 1.88 bits per heavy atom. The summed E-state index contributed by atoms with van der Waals surface area (Å²) in [6.45, 7) is 2.85. The maximum absolute atomic E-state index is 12.6. The highest BCUT2D eigenvalue weighted by atomic mass is 35.5. The van der Waals surface area contributed by atoms with Crippen LogP contribution in [0, 0.1) is 0 Å². The molecule has 2 heterocycles. The first kappa shape index (κ1) is 19.0. The number of sulfonamides is 1. The molecule has 0 saturated carbocycles. The Morgan fingerprint density at radius 3 is 2.54 bits per heavy atom. The first-order chi connectivity index (χ1) is 10.8. The third kappa shape index (κ3) is 3.37. The van der Waals surface area contributed by atoms with Gasteiger partial charge in [0.2, 0.25) is 10.0 Å². The zero-order chi connectivity index (χ0) is 16.8. The lowest BCUT2D eigenvalue weighted by atomic mass is 10.0. The van der Waals surface area contributed by atoms with Crippen molar-refractivity contribution < 1.29 is 8.42 Å². The largest absolute Gasteiger partial charge is 0.328 e. The molecule has 1 aliphatic heterocycles. The minimum atomic E-state index is -3.60. The summed E-state index contributed by atoms with van der Waals surface area (Å²) in [4.78, 5) is 12.1. The third-order valence-corrected chi connectivity index (χ3v) is 6.02. The molecule has 2 atom stereocenters. The standard InChI is InChI=1S/C15H22N4O3S.ClH/c1-10-8-11(6-7-16-10)17-23(21,22)12-4-5-13-14(9-12)19(3)15(20)18(13)2;/h4-5,9-11,16-17H,6-8H2,1-3H3;1H. The minimum absolute atomic E-state index is 0. The second-order valence-corrected chi connectivity index (χ2v) is 7.96. The Morgan fingerprint density at radius 1 is 1.21 bits per heavy atom. The summed E-state index contributed by atoms with van der Waals surface area (Å²) in [7, 11) is -0.282. The van der Waals surface area contributed by atoms with Gasteiger partial charge in [0.05, 0.1) is 15.9 Å². The van der Waals surface area contributed by atoms with E-state index in [1.165, 1.54) is 9.13 Å². The first-order valence-corrected chi connectivity index (χ1v) is 9.19. The van der Waals surface area contributed by atoms with Crippen LogP contribution in [0.2, 0.25) is 0 Å². The molecule has 1 aromatic heterocycles. The van der Waals surface area contributed by atoms with Gasteiger partial charge in [-0.05, 0) is 44.5 Å². The van der Waals surface area contributed by atoms with Gasteiger partial charge in [-0.1, -0.05) is 0 Å². The van der Waals surface area contributed by atoms with E-state index in [1.54, 1.807) is 32.3 Å². The highest BCUT2D eigenvalue weighted by Crippen LogP contribution is 2.19. The molecular weight excluding hydrogens is 352 g/mol. The predicted molar refractivity (Wildman–Crippen MR) is 96.2 cm³/mol. The lowest BCUT2D eigenvalue weighted by Gasteiger charge is -2.28. The number of hydrogen-bond donors (Lipinski definition) is 2. The van der Waals surface area contributed by atoms with E-state index in [2.05, 4.69) is 10.0 Å². The average Bonchev–Trinajstić information content (AvgIpc) is 2.71. The van der Waals surface area contributed by atoms with E-state index in [-0.39, 0.29) is 29.0 Å². The molecule has 7 nitrogen and oxygen atoms in total. The molecule has 2 N–H and O–H groups in total. The van der Waals surface area contributed by atoms with E-state index < -0.39 is 10.0 Å². The fourth-order valence-electron chi connectivity index (χ4n) is 3.18.